The van der Waals surface area contributed by atoms with Gasteiger partial charge in [0.15, 0.2) is 0 Å². The van der Waals surface area contributed by atoms with Gasteiger partial charge < -0.3 is 21.1 Å². The van der Waals surface area contributed by atoms with Crippen LogP contribution in [0.1, 0.15) is 12.8 Å². The van der Waals surface area contributed by atoms with Crippen LogP contribution < -0.4 is 21.1 Å². The summed E-state index contributed by atoms with van der Waals surface area (Å²) in [5, 5.41) is 6.29. The topological polar surface area (TPSA) is 122 Å². The van der Waals surface area contributed by atoms with Gasteiger partial charge in [-0.2, -0.15) is 0 Å². The normalized spacial score (nSPS) is 14.5. The molecular weight excluding hydrogens is 519 g/mol. The van der Waals surface area contributed by atoms with Gasteiger partial charge in [0, 0.05) is 34.9 Å². The Morgan fingerprint density at radius 2 is 2.00 bits per heavy atom. The molecule has 1 aliphatic rings. The summed E-state index contributed by atoms with van der Waals surface area (Å²) in [5.41, 5.74) is 6.58. The second-order valence-corrected chi connectivity index (χ2v) is 9.01. The van der Waals surface area contributed by atoms with Gasteiger partial charge in [-0.25, -0.2) is 14.4 Å². The molecule has 182 valence electrons. The highest BCUT2D eigenvalue weighted by atomic mass is 79.9. The summed E-state index contributed by atoms with van der Waals surface area (Å²) in [4.78, 5) is 34.1. The molecule has 35 heavy (non-hydrogen) atoms. The molecular formula is C24H24BrFN6O3. The molecule has 0 saturated carbocycles. The molecule has 0 radical (unpaired) electrons. The number of likely N-dealkylation sites (tertiary alicyclic amines) is 1. The van der Waals surface area contributed by atoms with Gasteiger partial charge in [-0.05, 0) is 43.2 Å². The molecule has 1 aromatic heterocycles. The monoisotopic (exact) mass is 542 g/mol. The number of fused-ring (bicyclic) bond motifs is 1. The molecule has 0 bridgehead atoms. The van der Waals surface area contributed by atoms with Crippen LogP contribution >= 0.6 is 15.9 Å². The molecule has 2 heterocycles. The summed E-state index contributed by atoms with van der Waals surface area (Å²) in [6, 6.07) is 8.01. The number of carbonyl (C=O) groups excluding carboxylic acids is 2. The minimum atomic E-state index is -0.452. The summed E-state index contributed by atoms with van der Waals surface area (Å²) >= 11 is 3.24. The second-order valence-electron chi connectivity index (χ2n) is 8.10. The quantitative estimate of drug-likeness (QED) is 0.368. The fourth-order valence-electron chi connectivity index (χ4n) is 3.81. The number of ether oxygens (including phenoxy) is 1. The van der Waals surface area contributed by atoms with E-state index >= 15 is 0 Å². The Morgan fingerprint density at radius 1 is 1.23 bits per heavy atom. The van der Waals surface area contributed by atoms with Crippen LogP contribution in [0.3, 0.4) is 0 Å². The predicted octanol–water partition coefficient (Wildman–Crippen LogP) is 3.93. The highest BCUT2D eigenvalue weighted by Crippen LogP contribution is 2.34. The maximum Gasteiger partial charge on any atom is 0.247 e. The van der Waals surface area contributed by atoms with Crippen molar-refractivity contribution in [3.63, 3.8) is 0 Å². The minimum Gasteiger partial charge on any atom is -0.476 e. The maximum absolute atomic E-state index is 14.4. The van der Waals surface area contributed by atoms with Crippen molar-refractivity contribution in [3.05, 3.63) is 59.6 Å². The van der Waals surface area contributed by atoms with E-state index in [0.717, 1.165) is 6.08 Å². The molecule has 2 amide bonds. The third-order valence-corrected chi connectivity index (χ3v) is 6.25. The summed E-state index contributed by atoms with van der Waals surface area (Å²) < 4.78 is 21.0. The maximum atomic E-state index is 14.4. The van der Waals surface area contributed by atoms with Crippen LogP contribution in [0.15, 0.2) is 53.8 Å². The number of piperidine rings is 1. The lowest BCUT2D eigenvalue weighted by molar-refractivity contribution is -0.123. The van der Waals surface area contributed by atoms with Crippen molar-refractivity contribution in [1.82, 2.24) is 14.9 Å². The first-order valence-electron chi connectivity index (χ1n) is 10.9. The lowest BCUT2D eigenvalue weighted by Crippen LogP contribution is -2.40. The van der Waals surface area contributed by atoms with Crippen LogP contribution in [0, 0.1) is 11.7 Å². The zero-order valence-electron chi connectivity index (χ0n) is 18.8. The SMILES string of the molecule is C=CC(=O)Nc1cc2c(Nc3ccc(Br)cc3F)ncnc2cc1OCN1CCC(C(N)=O)CC1. The van der Waals surface area contributed by atoms with Crippen molar-refractivity contribution in [2.45, 2.75) is 12.8 Å². The van der Waals surface area contributed by atoms with Crippen LogP contribution in [0.2, 0.25) is 0 Å². The van der Waals surface area contributed by atoms with Crippen molar-refractivity contribution in [2.24, 2.45) is 11.7 Å². The highest BCUT2D eigenvalue weighted by molar-refractivity contribution is 9.10. The van der Waals surface area contributed by atoms with Crippen LogP contribution in [-0.4, -0.2) is 46.5 Å². The van der Waals surface area contributed by atoms with Crippen LogP contribution in [0.5, 0.6) is 5.75 Å². The highest BCUT2D eigenvalue weighted by Gasteiger charge is 2.23. The van der Waals surface area contributed by atoms with Crippen LogP contribution in [0.4, 0.5) is 21.6 Å². The number of nitrogens with two attached hydrogens (primary N) is 1. The number of benzene rings is 2. The van der Waals surface area contributed by atoms with Gasteiger partial charge in [0.25, 0.3) is 0 Å². The van der Waals surface area contributed by atoms with Crippen molar-refractivity contribution in [3.8, 4) is 5.75 Å². The van der Waals surface area contributed by atoms with Gasteiger partial charge in [0.1, 0.15) is 30.4 Å². The van der Waals surface area contributed by atoms with Crippen LogP contribution in [0.25, 0.3) is 10.9 Å². The molecule has 0 atom stereocenters. The number of carbonyl (C=O) groups is 2. The van der Waals surface area contributed by atoms with Gasteiger partial charge >= 0.3 is 0 Å². The molecule has 0 unspecified atom stereocenters. The number of anilines is 3. The van der Waals surface area contributed by atoms with E-state index in [2.05, 4.69) is 48.0 Å². The molecule has 0 aliphatic carbocycles. The molecule has 1 aliphatic heterocycles. The van der Waals surface area contributed by atoms with E-state index in [9.17, 15) is 14.0 Å². The van der Waals surface area contributed by atoms with Crippen molar-refractivity contribution in [2.75, 3.05) is 30.5 Å². The largest absolute Gasteiger partial charge is 0.476 e. The zero-order chi connectivity index (χ0) is 24.9. The van der Waals surface area contributed by atoms with Crippen molar-refractivity contribution >= 4 is 55.8 Å². The summed E-state index contributed by atoms with van der Waals surface area (Å²) in [5.74, 6) is -0.489. The zero-order valence-corrected chi connectivity index (χ0v) is 20.3. The number of amides is 2. The summed E-state index contributed by atoms with van der Waals surface area (Å²) in [6.45, 7) is 5.10. The lowest BCUT2D eigenvalue weighted by Gasteiger charge is -2.30. The minimum absolute atomic E-state index is 0.118. The first kappa shape index (κ1) is 24.6. The van der Waals surface area contributed by atoms with Gasteiger partial charge in [-0.15, -0.1) is 0 Å². The molecule has 1 fully saturated rings. The Morgan fingerprint density at radius 3 is 2.69 bits per heavy atom. The average Bonchev–Trinajstić information content (AvgIpc) is 2.84. The number of aromatic nitrogens is 2. The number of nitrogens with one attached hydrogen (secondary N) is 2. The van der Waals surface area contributed by atoms with Gasteiger partial charge in [-0.3, -0.25) is 14.5 Å². The third kappa shape index (κ3) is 5.92. The Bertz CT molecular complexity index is 1280. The Labute approximate surface area is 209 Å². The molecule has 4 rings (SSSR count). The number of primary amides is 1. The van der Waals surface area contributed by atoms with E-state index in [-0.39, 0.29) is 24.2 Å². The number of hydrogen-bond acceptors (Lipinski definition) is 7. The van der Waals surface area contributed by atoms with E-state index in [4.69, 9.17) is 10.5 Å². The number of hydrogen-bond donors (Lipinski definition) is 3. The fourth-order valence-corrected chi connectivity index (χ4v) is 4.14. The Hall–Kier alpha value is -3.57. The number of rotatable bonds is 8. The molecule has 2 aromatic carbocycles. The number of nitrogens with zero attached hydrogens (tertiary/aromatic N) is 3. The first-order valence-corrected chi connectivity index (χ1v) is 11.7. The molecule has 3 aromatic rings. The summed E-state index contributed by atoms with van der Waals surface area (Å²) in [6.07, 6.45) is 3.86. The molecule has 11 heteroatoms. The first-order chi connectivity index (χ1) is 16.8. The predicted molar refractivity (Wildman–Crippen MR) is 135 cm³/mol. The molecule has 1 saturated heterocycles. The van der Waals surface area contributed by atoms with Gasteiger partial charge in [0.05, 0.1) is 16.9 Å². The number of halogens is 2. The molecule has 0 spiro atoms. The van der Waals surface area contributed by atoms with Crippen molar-refractivity contribution < 1.29 is 18.7 Å². The van der Waals surface area contributed by atoms with E-state index in [1.807, 2.05) is 0 Å². The average molecular weight is 543 g/mol. The van der Waals surface area contributed by atoms with Crippen molar-refractivity contribution in [1.29, 1.82) is 0 Å². The lowest BCUT2D eigenvalue weighted by atomic mass is 9.97. The van der Waals surface area contributed by atoms with Crippen LogP contribution in [-0.2, 0) is 9.59 Å². The Kier molecular flexibility index (Phi) is 7.57. The Balaban J connectivity index is 1.61. The fraction of sp³-hybridized carbons (Fsp3) is 0.250. The van der Waals surface area contributed by atoms with Gasteiger partial charge in [0.2, 0.25) is 11.8 Å². The summed E-state index contributed by atoms with van der Waals surface area (Å²) in [7, 11) is 0. The molecule has 9 nitrogen and oxygen atoms in total. The van der Waals surface area contributed by atoms with E-state index in [1.165, 1.54) is 12.4 Å². The standard InChI is InChI=1S/C24H24BrFN6O3/c1-2-22(33)30-20-10-16-19(11-21(20)35-13-32-7-5-14(6-8-32)23(27)34)28-12-29-24(16)31-18-4-3-15(25)9-17(18)26/h2-4,9-12,14H,1,5-8,13H2,(H2,27,34)(H,30,33)(H,28,29,31). The van der Waals surface area contributed by atoms with Gasteiger partial charge in [-0.1, -0.05) is 22.5 Å². The molecule has 4 N–H and O–H groups in total. The smallest absolute Gasteiger partial charge is 0.247 e. The van der Waals surface area contributed by atoms with E-state index < -0.39 is 11.7 Å². The second kappa shape index (κ2) is 10.8. The van der Waals surface area contributed by atoms with E-state index in [1.54, 1.807) is 24.3 Å². The van der Waals surface area contributed by atoms with E-state index in [0.29, 0.717) is 58.6 Å². The third-order valence-electron chi connectivity index (χ3n) is 5.76.